The molecule has 2 aromatic rings. The molecule has 0 saturated carbocycles. The first-order valence-corrected chi connectivity index (χ1v) is 5.32. The summed E-state index contributed by atoms with van der Waals surface area (Å²) in [6.07, 6.45) is 1.92. The van der Waals surface area contributed by atoms with E-state index < -0.39 is 0 Å². The van der Waals surface area contributed by atoms with E-state index in [4.69, 9.17) is 0 Å². The topological polar surface area (TPSA) is 17.8 Å². The van der Waals surface area contributed by atoms with Crippen molar-refractivity contribution in [2.75, 3.05) is 0 Å². The fourth-order valence-corrected chi connectivity index (χ4v) is 1.59. The van der Waals surface area contributed by atoms with E-state index in [1.807, 2.05) is 41.2 Å². The molecule has 0 aliphatic carbocycles. The fraction of sp³-hybridized carbons (Fsp3) is 0. The summed E-state index contributed by atoms with van der Waals surface area (Å²) in [5, 5.41) is 4.27. The second-order valence-corrected chi connectivity index (χ2v) is 4.15. The lowest BCUT2D eigenvalue weighted by atomic mass is 10.3. The van der Waals surface area contributed by atoms with Gasteiger partial charge in [-0.15, -0.1) is 0 Å². The summed E-state index contributed by atoms with van der Waals surface area (Å²) in [7, 11) is 0. The van der Waals surface area contributed by atoms with Crippen LogP contribution in [0.25, 0.3) is 5.69 Å². The van der Waals surface area contributed by atoms with E-state index in [1.54, 1.807) is 0 Å². The molecule has 13 heavy (non-hydrogen) atoms. The maximum atomic E-state index is 4.27. The Kier molecular flexibility index (Phi) is 2.51. The highest BCUT2D eigenvalue weighted by Crippen LogP contribution is 2.22. The molecule has 0 aliphatic rings. The molecule has 1 aromatic heterocycles. The van der Waals surface area contributed by atoms with Crippen LogP contribution in [0.2, 0.25) is 0 Å². The SMILES string of the molecule is Brc1cn(-c2ccccc2)nc1Br. The summed E-state index contributed by atoms with van der Waals surface area (Å²) in [5.41, 5.74) is 1.05. The van der Waals surface area contributed by atoms with Gasteiger partial charge in [-0.25, -0.2) is 4.68 Å². The molecule has 2 nitrogen and oxygen atoms in total. The molecule has 1 aromatic carbocycles. The Bertz CT molecular complexity index is 389. The van der Waals surface area contributed by atoms with Gasteiger partial charge in [0.2, 0.25) is 0 Å². The average Bonchev–Trinajstić information content (AvgIpc) is 2.49. The molecular formula is C9H6Br2N2. The van der Waals surface area contributed by atoms with Crippen LogP contribution in [-0.4, -0.2) is 9.78 Å². The van der Waals surface area contributed by atoms with Crippen LogP contribution in [0.5, 0.6) is 0 Å². The minimum absolute atomic E-state index is 0.816. The normalized spacial score (nSPS) is 10.3. The van der Waals surface area contributed by atoms with Gasteiger partial charge >= 0.3 is 0 Å². The molecule has 0 aliphatic heterocycles. The van der Waals surface area contributed by atoms with E-state index in [1.165, 1.54) is 0 Å². The van der Waals surface area contributed by atoms with Gasteiger partial charge < -0.3 is 0 Å². The van der Waals surface area contributed by atoms with E-state index in [0.717, 1.165) is 14.8 Å². The molecule has 4 heteroatoms. The summed E-state index contributed by atoms with van der Waals surface area (Å²) in [4.78, 5) is 0. The van der Waals surface area contributed by atoms with Crippen molar-refractivity contribution in [2.45, 2.75) is 0 Å². The first-order chi connectivity index (χ1) is 6.27. The Labute approximate surface area is 92.8 Å². The van der Waals surface area contributed by atoms with E-state index in [9.17, 15) is 0 Å². The number of benzene rings is 1. The van der Waals surface area contributed by atoms with Crippen LogP contribution in [0.3, 0.4) is 0 Å². The standard InChI is InChI=1S/C9H6Br2N2/c10-8-6-13(12-9(8)11)7-4-2-1-3-5-7/h1-6H. The van der Waals surface area contributed by atoms with Crippen molar-refractivity contribution in [3.05, 3.63) is 45.6 Å². The highest BCUT2D eigenvalue weighted by atomic mass is 79.9. The minimum atomic E-state index is 0.816. The van der Waals surface area contributed by atoms with Gasteiger partial charge in [0.1, 0.15) is 4.60 Å². The molecule has 1 heterocycles. The molecule has 0 fully saturated rings. The quantitative estimate of drug-likeness (QED) is 0.789. The Balaban J connectivity index is 2.48. The van der Waals surface area contributed by atoms with Crippen molar-refractivity contribution < 1.29 is 0 Å². The summed E-state index contributed by atoms with van der Waals surface area (Å²) in [6, 6.07) is 9.96. The monoisotopic (exact) mass is 300 g/mol. The molecule has 2 rings (SSSR count). The Morgan fingerprint density at radius 3 is 2.31 bits per heavy atom. The Morgan fingerprint density at radius 1 is 1.08 bits per heavy atom. The predicted molar refractivity (Wildman–Crippen MR) is 59.0 cm³/mol. The zero-order valence-electron chi connectivity index (χ0n) is 6.61. The third kappa shape index (κ3) is 1.84. The van der Waals surface area contributed by atoms with Crippen molar-refractivity contribution in [3.8, 4) is 5.69 Å². The van der Waals surface area contributed by atoms with Gasteiger partial charge in [0, 0.05) is 6.20 Å². The van der Waals surface area contributed by atoms with Gasteiger partial charge in [-0.1, -0.05) is 18.2 Å². The molecule has 66 valence electrons. The van der Waals surface area contributed by atoms with Crippen molar-refractivity contribution >= 4 is 31.9 Å². The summed E-state index contributed by atoms with van der Waals surface area (Å²) in [5.74, 6) is 0. The zero-order valence-corrected chi connectivity index (χ0v) is 9.79. The molecule has 0 bridgehead atoms. The molecule has 0 amide bonds. The Morgan fingerprint density at radius 2 is 1.77 bits per heavy atom. The maximum absolute atomic E-state index is 4.27. The van der Waals surface area contributed by atoms with Crippen LogP contribution in [-0.2, 0) is 0 Å². The van der Waals surface area contributed by atoms with Crippen molar-refractivity contribution in [1.82, 2.24) is 9.78 Å². The first-order valence-electron chi connectivity index (χ1n) is 3.73. The van der Waals surface area contributed by atoms with Crippen LogP contribution in [0.4, 0.5) is 0 Å². The molecule has 0 spiro atoms. The van der Waals surface area contributed by atoms with Gasteiger partial charge in [-0.3, -0.25) is 0 Å². The van der Waals surface area contributed by atoms with Crippen LogP contribution in [0.1, 0.15) is 0 Å². The highest BCUT2D eigenvalue weighted by Gasteiger charge is 2.03. The second kappa shape index (κ2) is 3.64. The summed E-state index contributed by atoms with van der Waals surface area (Å²) in [6.45, 7) is 0. The smallest absolute Gasteiger partial charge is 0.142 e. The maximum Gasteiger partial charge on any atom is 0.142 e. The number of aromatic nitrogens is 2. The Hall–Kier alpha value is -0.610. The van der Waals surface area contributed by atoms with Crippen LogP contribution in [0, 0.1) is 0 Å². The number of rotatable bonds is 1. The van der Waals surface area contributed by atoms with Gasteiger partial charge in [-0.2, -0.15) is 5.10 Å². The average molecular weight is 302 g/mol. The van der Waals surface area contributed by atoms with E-state index in [0.29, 0.717) is 0 Å². The van der Waals surface area contributed by atoms with Crippen molar-refractivity contribution in [3.63, 3.8) is 0 Å². The van der Waals surface area contributed by atoms with Gasteiger partial charge in [0.05, 0.1) is 10.2 Å². The second-order valence-electron chi connectivity index (χ2n) is 2.55. The number of hydrogen-bond acceptors (Lipinski definition) is 1. The number of nitrogens with zero attached hydrogens (tertiary/aromatic N) is 2. The molecule has 0 saturated heterocycles. The molecule has 0 atom stereocenters. The van der Waals surface area contributed by atoms with E-state index >= 15 is 0 Å². The lowest BCUT2D eigenvalue weighted by molar-refractivity contribution is 0.870. The van der Waals surface area contributed by atoms with Gasteiger partial charge in [0.15, 0.2) is 0 Å². The molecule has 0 N–H and O–H groups in total. The van der Waals surface area contributed by atoms with Gasteiger partial charge in [0.25, 0.3) is 0 Å². The molecular weight excluding hydrogens is 296 g/mol. The minimum Gasteiger partial charge on any atom is -0.239 e. The molecule has 0 radical (unpaired) electrons. The first kappa shape index (κ1) is 8.97. The number of halogens is 2. The zero-order chi connectivity index (χ0) is 9.26. The third-order valence-corrected chi connectivity index (χ3v) is 3.35. The fourth-order valence-electron chi connectivity index (χ4n) is 1.04. The van der Waals surface area contributed by atoms with Crippen LogP contribution >= 0.6 is 31.9 Å². The summed E-state index contributed by atoms with van der Waals surface area (Å²) < 4.78 is 3.58. The number of para-hydroxylation sites is 1. The highest BCUT2D eigenvalue weighted by molar-refractivity contribution is 9.13. The van der Waals surface area contributed by atoms with Crippen molar-refractivity contribution in [1.29, 1.82) is 0 Å². The number of hydrogen-bond donors (Lipinski definition) is 0. The van der Waals surface area contributed by atoms with E-state index in [-0.39, 0.29) is 0 Å². The third-order valence-electron chi connectivity index (χ3n) is 1.65. The lowest BCUT2D eigenvalue weighted by Crippen LogP contribution is -1.92. The predicted octanol–water partition coefficient (Wildman–Crippen LogP) is 3.40. The van der Waals surface area contributed by atoms with E-state index in [2.05, 4.69) is 37.0 Å². The molecule has 0 unspecified atom stereocenters. The van der Waals surface area contributed by atoms with Crippen LogP contribution < -0.4 is 0 Å². The van der Waals surface area contributed by atoms with Gasteiger partial charge in [-0.05, 0) is 44.0 Å². The van der Waals surface area contributed by atoms with Crippen molar-refractivity contribution in [2.24, 2.45) is 0 Å². The van der Waals surface area contributed by atoms with Crippen LogP contribution in [0.15, 0.2) is 45.6 Å². The largest absolute Gasteiger partial charge is 0.239 e. The summed E-state index contributed by atoms with van der Waals surface area (Å²) >= 11 is 6.72. The lowest BCUT2D eigenvalue weighted by Gasteiger charge is -1.98.